The van der Waals surface area contributed by atoms with Crippen LogP contribution in [0.2, 0.25) is 0 Å². The molecule has 142 valence electrons. The van der Waals surface area contributed by atoms with Crippen molar-refractivity contribution in [3.05, 3.63) is 64.1 Å². The summed E-state index contributed by atoms with van der Waals surface area (Å²) in [5.41, 5.74) is 3.68. The maximum absolute atomic E-state index is 12.1. The van der Waals surface area contributed by atoms with Crippen LogP contribution in [0, 0.1) is 0 Å². The van der Waals surface area contributed by atoms with Gasteiger partial charge in [0.1, 0.15) is 5.75 Å². The van der Waals surface area contributed by atoms with Gasteiger partial charge in [-0.1, -0.05) is 41.4 Å². The molecule has 0 spiro atoms. The van der Waals surface area contributed by atoms with E-state index in [-0.39, 0.29) is 12.5 Å². The fourth-order valence-corrected chi connectivity index (χ4v) is 2.52. The highest BCUT2D eigenvalue weighted by Crippen LogP contribution is 2.12. The van der Waals surface area contributed by atoms with E-state index in [2.05, 4.69) is 38.7 Å². The summed E-state index contributed by atoms with van der Waals surface area (Å²) in [6, 6.07) is 14.3. The van der Waals surface area contributed by atoms with Crippen molar-refractivity contribution in [2.24, 2.45) is 5.10 Å². The number of benzene rings is 2. The van der Waals surface area contributed by atoms with E-state index in [0.717, 1.165) is 28.6 Å². The molecule has 2 aromatic rings. The molecule has 2 amide bonds. The number of nitrogens with zero attached hydrogens (tertiary/aromatic N) is 1. The van der Waals surface area contributed by atoms with Crippen molar-refractivity contribution in [2.45, 2.75) is 19.8 Å². The van der Waals surface area contributed by atoms with Gasteiger partial charge in [0.2, 0.25) is 0 Å². The monoisotopic (exact) mass is 431 g/mol. The molecular formula is C20H22BrN3O3. The van der Waals surface area contributed by atoms with E-state index in [1.165, 1.54) is 6.21 Å². The largest absolute Gasteiger partial charge is 0.494 e. The zero-order valence-corrected chi connectivity index (χ0v) is 16.7. The molecule has 2 aromatic carbocycles. The van der Waals surface area contributed by atoms with Crippen LogP contribution in [0.4, 0.5) is 0 Å². The summed E-state index contributed by atoms with van der Waals surface area (Å²) in [6.07, 6.45) is 3.58. The maximum Gasteiger partial charge on any atom is 0.259 e. The van der Waals surface area contributed by atoms with Gasteiger partial charge in [-0.05, 0) is 48.4 Å². The highest BCUT2D eigenvalue weighted by atomic mass is 79.9. The number of nitrogens with one attached hydrogen (secondary N) is 2. The van der Waals surface area contributed by atoms with Crippen molar-refractivity contribution in [2.75, 3.05) is 13.2 Å². The van der Waals surface area contributed by atoms with Crippen molar-refractivity contribution < 1.29 is 14.3 Å². The van der Waals surface area contributed by atoms with Gasteiger partial charge in [0.05, 0.1) is 19.4 Å². The minimum absolute atomic E-state index is 0.163. The normalized spacial score (nSPS) is 10.6. The minimum Gasteiger partial charge on any atom is -0.494 e. The van der Waals surface area contributed by atoms with Crippen LogP contribution in [0.1, 0.15) is 35.7 Å². The zero-order valence-electron chi connectivity index (χ0n) is 15.1. The Kier molecular flexibility index (Phi) is 8.51. The molecule has 0 heterocycles. The number of carbonyl (C=O) groups excluding carboxylic acids is 2. The second-order valence-electron chi connectivity index (χ2n) is 5.76. The average molecular weight is 432 g/mol. The number of unbranched alkanes of at least 4 members (excludes halogenated alkanes) is 1. The number of hydrogen-bond donors (Lipinski definition) is 2. The first-order valence-electron chi connectivity index (χ1n) is 8.67. The summed E-state index contributed by atoms with van der Waals surface area (Å²) in [6.45, 7) is 2.59. The smallest absolute Gasteiger partial charge is 0.259 e. The molecule has 0 bridgehead atoms. The van der Waals surface area contributed by atoms with Gasteiger partial charge in [0.15, 0.2) is 0 Å². The van der Waals surface area contributed by atoms with Crippen molar-refractivity contribution in [1.29, 1.82) is 0 Å². The van der Waals surface area contributed by atoms with E-state index in [0.29, 0.717) is 12.2 Å². The second-order valence-corrected chi connectivity index (χ2v) is 6.67. The molecule has 0 saturated carbocycles. The van der Waals surface area contributed by atoms with Crippen LogP contribution in [0.25, 0.3) is 0 Å². The molecule has 6 nitrogen and oxygen atoms in total. The Bertz CT molecular complexity index is 791. The lowest BCUT2D eigenvalue weighted by Gasteiger charge is -2.07. The Balaban J connectivity index is 1.75. The van der Waals surface area contributed by atoms with Gasteiger partial charge in [-0.25, -0.2) is 5.43 Å². The lowest BCUT2D eigenvalue weighted by molar-refractivity contribution is -0.120. The fourth-order valence-electron chi connectivity index (χ4n) is 2.10. The SMILES string of the molecule is CCCCOc1ccc(C(=O)NCC(=O)NN=Cc2cccc(Br)c2)cc1. The van der Waals surface area contributed by atoms with Gasteiger partial charge < -0.3 is 10.1 Å². The molecule has 0 aromatic heterocycles. The lowest BCUT2D eigenvalue weighted by atomic mass is 10.2. The third-order valence-corrected chi connectivity index (χ3v) is 4.04. The molecule has 0 aliphatic heterocycles. The van der Waals surface area contributed by atoms with Crippen molar-refractivity contribution >= 4 is 34.0 Å². The van der Waals surface area contributed by atoms with E-state index in [4.69, 9.17) is 4.74 Å². The Morgan fingerprint density at radius 2 is 1.96 bits per heavy atom. The van der Waals surface area contributed by atoms with Crippen LogP contribution in [0.15, 0.2) is 58.1 Å². The molecule has 0 radical (unpaired) electrons. The minimum atomic E-state index is -0.408. The van der Waals surface area contributed by atoms with Crippen molar-refractivity contribution in [3.63, 3.8) is 0 Å². The van der Waals surface area contributed by atoms with Gasteiger partial charge in [0, 0.05) is 10.0 Å². The summed E-state index contributed by atoms with van der Waals surface area (Å²) < 4.78 is 6.48. The number of hydrogen-bond acceptors (Lipinski definition) is 4. The Hall–Kier alpha value is -2.67. The van der Waals surface area contributed by atoms with Crippen molar-refractivity contribution in [3.8, 4) is 5.75 Å². The van der Waals surface area contributed by atoms with E-state index < -0.39 is 5.91 Å². The predicted molar refractivity (Wildman–Crippen MR) is 109 cm³/mol. The summed E-state index contributed by atoms with van der Waals surface area (Å²) in [7, 11) is 0. The van der Waals surface area contributed by atoms with Crippen LogP contribution in [0.3, 0.4) is 0 Å². The number of carbonyl (C=O) groups is 2. The quantitative estimate of drug-likeness (QED) is 0.362. The van der Waals surface area contributed by atoms with Crippen LogP contribution >= 0.6 is 15.9 Å². The van der Waals surface area contributed by atoms with Gasteiger partial charge in [0.25, 0.3) is 11.8 Å². The average Bonchev–Trinajstić information content (AvgIpc) is 2.67. The standard InChI is InChI=1S/C20H22BrN3O3/c1-2-3-11-27-18-9-7-16(8-10-18)20(26)22-14-19(25)24-23-13-15-5-4-6-17(21)12-15/h4-10,12-13H,2-3,11,14H2,1H3,(H,22,26)(H,24,25). The van der Waals surface area contributed by atoms with Crippen LogP contribution < -0.4 is 15.5 Å². The zero-order chi connectivity index (χ0) is 19.5. The van der Waals surface area contributed by atoms with E-state index >= 15 is 0 Å². The first-order valence-corrected chi connectivity index (χ1v) is 9.46. The summed E-state index contributed by atoms with van der Waals surface area (Å²) in [5.74, 6) is -0.0185. The first-order chi connectivity index (χ1) is 13.1. The molecule has 2 N–H and O–H groups in total. The topological polar surface area (TPSA) is 79.8 Å². The highest BCUT2D eigenvalue weighted by molar-refractivity contribution is 9.10. The molecule has 2 rings (SSSR count). The number of ether oxygens (including phenoxy) is 1. The Labute approximate surface area is 167 Å². The third-order valence-electron chi connectivity index (χ3n) is 3.54. The molecule has 0 atom stereocenters. The molecule has 0 unspecified atom stereocenters. The number of rotatable bonds is 9. The van der Waals surface area contributed by atoms with E-state index in [9.17, 15) is 9.59 Å². The number of amides is 2. The molecule has 0 aliphatic rings. The molecule has 27 heavy (non-hydrogen) atoms. The molecule has 0 aliphatic carbocycles. The summed E-state index contributed by atoms with van der Waals surface area (Å²) >= 11 is 3.36. The lowest BCUT2D eigenvalue weighted by Crippen LogP contribution is -2.34. The number of hydrazone groups is 1. The highest BCUT2D eigenvalue weighted by Gasteiger charge is 2.07. The predicted octanol–water partition coefficient (Wildman–Crippen LogP) is 3.51. The van der Waals surface area contributed by atoms with Gasteiger partial charge in [-0.3, -0.25) is 9.59 Å². The van der Waals surface area contributed by atoms with E-state index in [1.807, 2.05) is 24.3 Å². The molecule has 0 saturated heterocycles. The van der Waals surface area contributed by atoms with Crippen LogP contribution in [0.5, 0.6) is 5.75 Å². The molecular weight excluding hydrogens is 410 g/mol. The maximum atomic E-state index is 12.1. The fraction of sp³-hybridized carbons (Fsp3) is 0.250. The van der Waals surface area contributed by atoms with Gasteiger partial charge >= 0.3 is 0 Å². The second kappa shape index (κ2) is 11.1. The Morgan fingerprint density at radius 3 is 2.67 bits per heavy atom. The first kappa shape index (κ1) is 20.6. The summed E-state index contributed by atoms with van der Waals surface area (Å²) in [5, 5.41) is 6.42. The van der Waals surface area contributed by atoms with E-state index in [1.54, 1.807) is 24.3 Å². The van der Waals surface area contributed by atoms with Crippen molar-refractivity contribution in [1.82, 2.24) is 10.7 Å². The third kappa shape index (κ3) is 7.62. The Morgan fingerprint density at radius 1 is 1.19 bits per heavy atom. The van der Waals surface area contributed by atoms with Gasteiger partial charge in [-0.15, -0.1) is 0 Å². The van der Waals surface area contributed by atoms with Crippen LogP contribution in [-0.4, -0.2) is 31.2 Å². The molecule has 7 heteroatoms. The number of halogens is 1. The summed E-state index contributed by atoms with van der Waals surface area (Å²) in [4.78, 5) is 23.8. The van der Waals surface area contributed by atoms with Gasteiger partial charge in [-0.2, -0.15) is 5.10 Å². The van der Waals surface area contributed by atoms with Crippen LogP contribution in [-0.2, 0) is 4.79 Å². The molecule has 0 fully saturated rings.